The Balaban J connectivity index is 3.00. The summed E-state index contributed by atoms with van der Waals surface area (Å²) in [6.45, 7) is 1.69. The average Bonchev–Trinajstić information content (AvgIpc) is 2.17. The van der Waals surface area contributed by atoms with Crippen LogP contribution in [0.15, 0.2) is 30.3 Å². The Labute approximate surface area is 75.3 Å². The monoisotopic (exact) mass is 179 g/mol. The highest BCUT2D eigenvalue weighted by molar-refractivity contribution is 5.59. The van der Waals surface area contributed by atoms with Crippen molar-refractivity contribution in [3.05, 3.63) is 46.0 Å². The lowest BCUT2D eigenvalue weighted by Gasteiger charge is -1.97. The zero-order chi connectivity index (χ0) is 9.84. The van der Waals surface area contributed by atoms with Crippen molar-refractivity contribution in [2.75, 3.05) is 0 Å². The molecule has 1 aromatic carbocycles. The van der Waals surface area contributed by atoms with Crippen molar-refractivity contribution >= 4 is 11.4 Å². The molecule has 0 aliphatic heterocycles. The van der Waals surface area contributed by atoms with E-state index in [1.54, 1.807) is 6.92 Å². The van der Waals surface area contributed by atoms with Gasteiger partial charge in [0.25, 0.3) is 5.69 Å². The third-order valence-corrected chi connectivity index (χ3v) is 1.65. The number of aliphatic hydroxyl groups excluding tert-OH is 1. The lowest BCUT2D eigenvalue weighted by Crippen LogP contribution is -1.88. The van der Waals surface area contributed by atoms with Crippen LogP contribution >= 0.6 is 0 Å². The number of nitro groups is 1. The predicted molar refractivity (Wildman–Crippen MR) is 49.4 cm³/mol. The fourth-order valence-corrected chi connectivity index (χ4v) is 0.921. The molecule has 0 saturated heterocycles. The average molecular weight is 179 g/mol. The molecule has 4 heteroatoms. The van der Waals surface area contributed by atoms with Crippen LogP contribution in [0.2, 0.25) is 0 Å². The second-order valence-corrected chi connectivity index (χ2v) is 2.48. The van der Waals surface area contributed by atoms with Gasteiger partial charge in [0.2, 0.25) is 0 Å². The molecule has 0 atom stereocenters. The number of nitro benzene ring substituents is 1. The number of hydrogen-bond acceptors (Lipinski definition) is 3. The van der Waals surface area contributed by atoms with Crippen LogP contribution in [0.25, 0.3) is 5.76 Å². The van der Waals surface area contributed by atoms with E-state index in [0.717, 1.165) is 0 Å². The topological polar surface area (TPSA) is 63.4 Å². The lowest BCUT2D eigenvalue weighted by atomic mass is 10.1. The van der Waals surface area contributed by atoms with Crippen molar-refractivity contribution in [3.8, 4) is 0 Å². The molecule has 0 spiro atoms. The second kappa shape index (κ2) is 3.71. The van der Waals surface area contributed by atoms with Gasteiger partial charge in [0.15, 0.2) is 0 Å². The summed E-state index contributed by atoms with van der Waals surface area (Å²) in [5.41, 5.74) is 0.598. The van der Waals surface area contributed by atoms with Crippen LogP contribution in [0, 0.1) is 10.1 Å². The quantitative estimate of drug-likeness (QED) is 0.431. The fraction of sp³-hybridized carbons (Fsp3) is 0.111. The maximum atomic E-state index is 10.3. The third-order valence-electron chi connectivity index (χ3n) is 1.65. The molecule has 68 valence electrons. The predicted octanol–water partition coefficient (Wildman–Crippen LogP) is 2.51. The van der Waals surface area contributed by atoms with E-state index in [-0.39, 0.29) is 11.4 Å². The van der Waals surface area contributed by atoms with E-state index in [1.165, 1.54) is 30.3 Å². The molecule has 4 nitrogen and oxygen atoms in total. The van der Waals surface area contributed by atoms with Crippen LogP contribution in [0.4, 0.5) is 5.69 Å². The van der Waals surface area contributed by atoms with Crippen LogP contribution in [-0.4, -0.2) is 10.0 Å². The molecule has 0 amide bonds. The zero-order valence-corrected chi connectivity index (χ0v) is 7.10. The standard InChI is InChI=1S/C9H9NO3/c1-2-9(11)7-3-5-8(6-4-7)10(12)13/h2-6,11H,1H3/b9-2+. The van der Waals surface area contributed by atoms with Gasteiger partial charge >= 0.3 is 0 Å². The summed E-state index contributed by atoms with van der Waals surface area (Å²) >= 11 is 0. The van der Waals surface area contributed by atoms with Gasteiger partial charge in [-0.25, -0.2) is 0 Å². The van der Waals surface area contributed by atoms with Gasteiger partial charge in [-0.2, -0.15) is 0 Å². The van der Waals surface area contributed by atoms with Crippen molar-refractivity contribution in [3.63, 3.8) is 0 Å². The minimum absolute atomic E-state index is 0.0210. The molecule has 0 aromatic heterocycles. The molecule has 1 rings (SSSR count). The Morgan fingerprint density at radius 1 is 1.46 bits per heavy atom. The van der Waals surface area contributed by atoms with Crippen LogP contribution in [0.3, 0.4) is 0 Å². The third kappa shape index (κ3) is 2.05. The van der Waals surface area contributed by atoms with E-state index < -0.39 is 4.92 Å². The molecule has 0 bridgehead atoms. The van der Waals surface area contributed by atoms with Crippen LogP contribution in [0.1, 0.15) is 12.5 Å². The van der Waals surface area contributed by atoms with Crippen molar-refractivity contribution in [2.45, 2.75) is 6.92 Å². The first-order valence-corrected chi connectivity index (χ1v) is 3.75. The maximum Gasteiger partial charge on any atom is 0.269 e. The zero-order valence-electron chi connectivity index (χ0n) is 7.10. The molecular weight excluding hydrogens is 170 g/mol. The molecule has 0 aliphatic rings. The summed E-state index contributed by atoms with van der Waals surface area (Å²) in [6, 6.07) is 5.73. The Kier molecular flexibility index (Phi) is 2.64. The van der Waals surface area contributed by atoms with Crippen molar-refractivity contribution in [1.29, 1.82) is 0 Å². The Morgan fingerprint density at radius 3 is 2.38 bits per heavy atom. The van der Waals surface area contributed by atoms with Gasteiger partial charge in [-0.1, -0.05) is 0 Å². The fourth-order valence-electron chi connectivity index (χ4n) is 0.921. The van der Waals surface area contributed by atoms with Gasteiger partial charge in [0.1, 0.15) is 5.76 Å². The highest BCUT2D eigenvalue weighted by Crippen LogP contribution is 2.16. The van der Waals surface area contributed by atoms with Gasteiger partial charge in [-0.05, 0) is 25.1 Å². The van der Waals surface area contributed by atoms with Crippen molar-refractivity contribution < 1.29 is 10.0 Å². The highest BCUT2D eigenvalue weighted by Gasteiger charge is 2.04. The first kappa shape index (κ1) is 9.25. The van der Waals surface area contributed by atoms with Gasteiger partial charge in [0, 0.05) is 17.7 Å². The van der Waals surface area contributed by atoms with Gasteiger partial charge in [-0.3, -0.25) is 10.1 Å². The van der Waals surface area contributed by atoms with Crippen LogP contribution < -0.4 is 0 Å². The first-order valence-electron chi connectivity index (χ1n) is 3.75. The van der Waals surface area contributed by atoms with E-state index >= 15 is 0 Å². The molecule has 13 heavy (non-hydrogen) atoms. The molecule has 0 saturated carbocycles. The van der Waals surface area contributed by atoms with E-state index in [2.05, 4.69) is 0 Å². The number of allylic oxidation sites excluding steroid dienone is 1. The molecule has 0 aliphatic carbocycles. The number of nitrogens with zero attached hydrogens (tertiary/aromatic N) is 1. The molecule has 0 unspecified atom stereocenters. The summed E-state index contributed by atoms with van der Waals surface area (Å²) in [5, 5.41) is 19.5. The van der Waals surface area contributed by atoms with E-state index in [4.69, 9.17) is 0 Å². The summed E-state index contributed by atoms with van der Waals surface area (Å²) in [7, 11) is 0. The smallest absolute Gasteiger partial charge is 0.269 e. The first-order chi connectivity index (χ1) is 6.15. The molecule has 0 radical (unpaired) electrons. The van der Waals surface area contributed by atoms with E-state index in [0.29, 0.717) is 5.56 Å². The molecule has 1 N–H and O–H groups in total. The maximum absolute atomic E-state index is 10.3. The van der Waals surface area contributed by atoms with Gasteiger partial charge < -0.3 is 5.11 Å². The largest absolute Gasteiger partial charge is 0.508 e. The minimum atomic E-state index is -0.476. The van der Waals surface area contributed by atoms with E-state index in [1.807, 2.05) is 0 Å². The normalized spacial score (nSPS) is 11.3. The molecular formula is C9H9NO3. The SMILES string of the molecule is C/C=C(/O)c1ccc([N+](=O)[O-])cc1. The van der Waals surface area contributed by atoms with Gasteiger partial charge in [-0.15, -0.1) is 0 Å². The van der Waals surface area contributed by atoms with Gasteiger partial charge in [0.05, 0.1) is 4.92 Å². The molecule has 1 aromatic rings. The Hall–Kier alpha value is -1.84. The highest BCUT2D eigenvalue weighted by atomic mass is 16.6. The summed E-state index contributed by atoms with van der Waals surface area (Å²) in [6.07, 6.45) is 1.53. The summed E-state index contributed by atoms with van der Waals surface area (Å²) < 4.78 is 0. The lowest BCUT2D eigenvalue weighted by molar-refractivity contribution is -0.384. The Bertz CT molecular complexity index is 340. The van der Waals surface area contributed by atoms with Crippen LogP contribution in [0.5, 0.6) is 0 Å². The molecule has 0 heterocycles. The van der Waals surface area contributed by atoms with Crippen molar-refractivity contribution in [2.24, 2.45) is 0 Å². The summed E-state index contributed by atoms with van der Waals surface area (Å²) in [4.78, 5) is 9.80. The second-order valence-electron chi connectivity index (χ2n) is 2.48. The Morgan fingerprint density at radius 2 is 2.00 bits per heavy atom. The number of rotatable bonds is 2. The number of benzene rings is 1. The number of hydrogen-bond donors (Lipinski definition) is 1. The number of non-ortho nitro benzene ring substituents is 1. The minimum Gasteiger partial charge on any atom is -0.508 e. The summed E-state index contributed by atoms with van der Waals surface area (Å²) in [5.74, 6) is 0.120. The van der Waals surface area contributed by atoms with Crippen LogP contribution in [-0.2, 0) is 0 Å². The number of aliphatic hydroxyl groups is 1. The van der Waals surface area contributed by atoms with Crippen molar-refractivity contribution in [1.82, 2.24) is 0 Å². The van der Waals surface area contributed by atoms with E-state index in [9.17, 15) is 15.2 Å². The molecule has 0 fully saturated rings.